The lowest BCUT2D eigenvalue weighted by Crippen LogP contribution is -2.31. The average molecular weight is 392 g/mol. The van der Waals surface area contributed by atoms with Crippen LogP contribution in [0.3, 0.4) is 0 Å². The first-order chi connectivity index (χ1) is 14.0. The molecule has 0 spiro atoms. The Morgan fingerprint density at radius 2 is 1.62 bits per heavy atom. The molecule has 0 fully saturated rings. The monoisotopic (exact) mass is 391 g/mol. The summed E-state index contributed by atoms with van der Waals surface area (Å²) in [5, 5.41) is 4.38. The third-order valence-electron chi connectivity index (χ3n) is 5.13. The van der Waals surface area contributed by atoms with Gasteiger partial charge in [-0.1, -0.05) is 72.7 Å². The van der Waals surface area contributed by atoms with Gasteiger partial charge in [0.05, 0.1) is 12.1 Å². The molecule has 1 amide bonds. The second-order valence-corrected chi connectivity index (χ2v) is 7.47. The molecule has 1 aromatic heterocycles. The Bertz CT molecular complexity index is 920. The third-order valence-corrected chi connectivity index (χ3v) is 5.13. The van der Waals surface area contributed by atoms with Gasteiger partial charge in [0.25, 0.3) is 0 Å². The number of benzene rings is 2. The largest absolute Gasteiger partial charge is 0.341 e. The zero-order valence-corrected chi connectivity index (χ0v) is 17.6. The fourth-order valence-corrected chi connectivity index (χ4v) is 3.23. The number of aromatic nitrogens is 1. The molecule has 0 atom stereocenters. The highest BCUT2D eigenvalue weighted by Gasteiger charge is 2.25. The Labute approximate surface area is 172 Å². The number of carbonyl (C=O) groups is 1. The van der Waals surface area contributed by atoms with E-state index in [9.17, 15) is 4.79 Å². The van der Waals surface area contributed by atoms with Crippen LogP contribution in [0.4, 0.5) is 5.88 Å². The fraction of sp³-hybridized carbons (Fsp3) is 0.333. The van der Waals surface area contributed by atoms with Gasteiger partial charge >= 0.3 is 0 Å². The van der Waals surface area contributed by atoms with E-state index in [-0.39, 0.29) is 11.9 Å². The van der Waals surface area contributed by atoms with Crippen LogP contribution in [-0.2, 0) is 17.9 Å². The summed E-state index contributed by atoms with van der Waals surface area (Å²) >= 11 is 0. The van der Waals surface area contributed by atoms with Crippen molar-refractivity contribution >= 4 is 11.8 Å². The van der Waals surface area contributed by atoms with Crippen molar-refractivity contribution in [2.75, 3.05) is 11.9 Å². The van der Waals surface area contributed by atoms with Gasteiger partial charge in [0.1, 0.15) is 5.69 Å². The lowest BCUT2D eigenvalue weighted by atomic mass is 10.1. The van der Waals surface area contributed by atoms with Crippen molar-refractivity contribution in [2.45, 2.75) is 46.3 Å². The Morgan fingerprint density at radius 1 is 1.00 bits per heavy atom. The maximum atomic E-state index is 12.8. The molecule has 0 aliphatic heterocycles. The molecule has 152 valence electrons. The van der Waals surface area contributed by atoms with Gasteiger partial charge in [0.15, 0.2) is 0 Å². The Hall–Kier alpha value is -3.08. The summed E-state index contributed by atoms with van der Waals surface area (Å²) in [5.74, 6) is 0.813. The van der Waals surface area contributed by atoms with Crippen molar-refractivity contribution in [1.29, 1.82) is 0 Å². The first kappa shape index (κ1) is 20.6. The minimum Gasteiger partial charge on any atom is -0.341 e. The molecule has 5 heteroatoms. The van der Waals surface area contributed by atoms with Crippen molar-refractivity contribution in [3.05, 3.63) is 71.8 Å². The predicted octanol–water partition coefficient (Wildman–Crippen LogP) is 5.13. The topological polar surface area (TPSA) is 49.6 Å². The highest BCUT2D eigenvalue weighted by Crippen LogP contribution is 2.33. The van der Waals surface area contributed by atoms with E-state index in [2.05, 4.69) is 23.9 Å². The maximum absolute atomic E-state index is 12.8. The standard InChI is InChI=1S/C24H29N3O2/c1-5-22(28)27(16-19-12-8-6-9-13-19)17-21-23(20-14-10-7-11-15-20)25-29-24(21)26(4)18(2)3/h6-15,18H,5,16-17H2,1-4H3. The van der Waals surface area contributed by atoms with E-state index in [4.69, 9.17) is 4.52 Å². The first-order valence-corrected chi connectivity index (χ1v) is 10.1. The second kappa shape index (κ2) is 9.41. The van der Waals surface area contributed by atoms with Crippen molar-refractivity contribution in [3.8, 4) is 11.3 Å². The minimum absolute atomic E-state index is 0.104. The molecule has 0 unspecified atom stereocenters. The van der Waals surface area contributed by atoms with E-state index >= 15 is 0 Å². The lowest BCUT2D eigenvalue weighted by Gasteiger charge is -2.26. The van der Waals surface area contributed by atoms with Crippen molar-refractivity contribution < 1.29 is 9.32 Å². The van der Waals surface area contributed by atoms with Crippen LogP contribution in [0.5, 0.6) is 0 Å². The van der Waals surface area contributed by atoms with Crippen molar-refractivity contribution in [3.63, 3.8) is 0 Å². The van der Waals surface area contributed by atoms with Crippen LogP contribution in [-0.4, -0.2) is 29.1 Å². The number of hydrogen-bond donors (Lipinski definition) is 0. The van der Waals surface area contributed by atoms with Crippen LogP contribution in [0.15, 0.2) is 65.2 Å². The van der Waals surface area contributed by atoms with Crippen LogP contribution in [0.2, 0.25) is 0 Å². The molecule has 3 aromatic rings. The Kier molecular flexibility index (Phi) is 6.70. The van der Waals surface area contributed by atoms with Crippen LogP contribution in [0, 0.1) is 0 Å². The molecule has 0 radical (unpaired) electrons. The smallest absolute Gasteiger partial charge is 0.232 e. The van der Waals surface area contributed by atoms with Crippen molar-refractivity contribution in [1.82, 2.24) is 10.1 Å². The third kappa shape index (κ3) is 4.86. The van der Waals surface area contributed by atoms with Crippen LogP contribution >= 0.6 is 0 Å². The van der Waals surface area contributed by atoms with Gasteiger partial charge in [-0.15, -0.1) is 0 Å². The van der Waals surface area contributed by atoms with E-state index in [1.807, 2.05) is 79.5 Å². The Morgan fingerprint density at radius 3 is 2.21 bits per heavy atom. The molecule has 2 aromatic carbocycles. The van der Waals surface area contributed by atoms with E-state index in [0.29, 0.717) is 25.4 Å². The summed E-state index contributed by atoms with van der Waals surface area (Å²) in [4.78, 5) is 16.7. The second-order valence-electron chi connectivity index (χ2n) is 7.47. The van der Waals surface area contributed by atoms with Gasteiger partial charge in [-0.2, -0.15) is 0 Å². The number of hydrogen-bond acceptors (Lipinski definition) is 4. The van der Waals surface area contributed by atoms with Gasteiger partial charge in [-0.3, -0.25) is 4.79 Å². The van der Waals surface area contributed by atoms with E-state index < -0.39 is 0 Å². The highest BCUT2D eigenvalue weighted by molar-refractivity contribution is 5.77. The predicted molar refractivity (Wildman–Crippen MR) is 116 cm³/mol. The van der Waals surface area contributed by atoms with Gasteiger partial charge in [0.2, 0.25) is 11.8 Å². The molecular weight excluding hydrogens is 362 g/mol. The SMILES string of the molecule is CCC(=O)N(Cc1ccccc1)Cc1c(-c2ccccc2)noc1N(C)C(C)C. The molecule has 0 aliphatic rings. The fourth-order valence-electron chi connectivity index (χ4n) is 3.23. The van der Waals surface area contributed by atoms with E-state index in [1.54, 1.807) is 0 Å². The molecule has 0 N–H and O–H groups in total. The summed E-state index contributed by atoms with van der Waals surface area (Å²) < 4.78 is 5.78. The molecule has 1 heterocycles. The van der Waals surface area contributed by atoms with Gasteiger partial charge in [-0.05, 0) is 19.4 Å². The lowest BCUT2D eigenvalue weighted by molar-refractivity contribution is -0.132. The van der Waals surface area contributed by atoms with Crippen molar-refractivity contribution in [2.24, 2.45) is 0 Å². The summed E-state index contributed by atoms with van der Waals surface area (Å²) in [6.45, 7) is 7.10. The molecule has 29 heavy (non-hydrogen) atoms. The van der Waals surface area contributed by atoms with Gasteiger partial charge in [-0.25, -0.2) is 0 Å². The summed E-state index contributed by atoms with van der Waals surface area (Å²) in [5.41, 5.74) is 3.81. The van der Waals surface area contributed by atoms with E-state index in [0.717, 1.165) is 22.4 Å². The number of rotatable bonds is 8. The number of amides is 1. The number of anilines is 1. The van der Waals surface area contributed by atoms with E-state index in [1.165, 1.54) is 0 Å². The average Bonchev–Trinajstić information content (AvgIpc) is 3.16. The molecular formula is C24H29N3O2. The first-order valence-electron chi connectivity index (χ1n) is 10.1. The summed E-state index contributed by atoms with van der Waals surface area (Å²) in [7, 11) is 1.99. The molecule has 0 aliphatic carbocycles. The van der Waals surface area contributed by atoms with Crippen LogP contribution in [0.1, 0.15) is 38.3 Å². The minimum atomic E-state index is 0.104. The molecule has 0 saturated carbocycles. The maximum Gasteiger partial charge on any atom is 0.232 e. The zero-order valence-electron chi connectivity index (χ0n) is 17.6. The zero-order chi connectivity index (χ0) is 20.8. The molecule has 3 rings (SSSR count). The van der Waals surface area contributed by atoms with Gasteiger partial charge in [0, 0.05) is 31.6 Å². The Balaban J connectivity index is 2.01. The molecule has 0 saturated heterocycles. The van der Waals surface area contributed by atoms with Gasteiger partial charge < -0.3 is 14.3 Å². The summed E-state index contributed by atoms with van der Waals surface area (Å²) in [6.07, 6.45) is 0.453. The van der Waals surface area contributed by atoms with Crippen LogP contribution in [0.25, 0.3) is 11.3 Å². The number of carbonyl (C=O) groups excluding carboxylic acids is 1. The molecule has 0 bridgehead atoms. The normalized spacial score (nSPS) is 10.9. The quantitative estimate of drug-likeness (QED) is 0.534. The molecule has 5 nitrogen and oxygen atoms in total. The number of nitrogens with zero attached hydrogens (tertiary/aromatic N) is 3. The summed E-state index contributed by atoms with van der Waals surface area (Å²) in [6, 6.07) is 20.3. The van der Waals surface area contributed by atoms with Crippen LogP contribution < -0.4 is 4.90 Å². The highest BCUT2D eigenvalue weighted by atomic mass is 16.5.